The van der Waals surface area contributed by atoms with E-state index in [1.54, 1.807) is 13.0 Å². The summed E-state index contributed by atoms with van der Waals surface area (Å²) >= 11 is 0. The summed E-state index contributed by atoms with van der Waals surface area (Å²) in [4.78, 5) is 25.4. The van der Waals surface area contributed by atoms with Gasteiger partial charge < -0.3 is 4.74 Å². The maximum Gasteiger partial charge on any atom is 0.416 e. The summed E-state index contributed by atoms with van der Waals surface area (Å²) in [7, 11) is 0. The summed E-state index contributed by atoms with van der Waals surface area (Å²) in [6.45, 7) is 5.69. The number of imide groups is 1. The number of hydrogen-bond donors (Lipinski definition) is 0. The molecular weight excluding hydrogens is 254 g/mol. The molecule has 2 atom stereocenters. The maximum atomic E-state index is 12.3. The second-order valence-corrected chi connectivity index (χ2v) is 5.05. The first-order valence-corrected chi connectivity index (χ1v) is 6.78. The van der Waals surface area contributed by atoms with Crippen molar-refractivity contribution in [3.8, 4) is 0 Å². The summed E-state index contributed by atoms with van der Waals surface area (Å²) in [6, 6.07) is 9.58. The number of allylic oxidation sites excluding steroid dienone is 1. The van der Waals surface area contributed by atoms with E-state index >= 15 is 0 Å². The Bertz CT molecular complexity index is 498. The van der Waals surface area contributed by atoms with Gasteiger partial charge in [0.15, 0.2) is 0 Å². The molecule has 0 bridgehead atoms. The van der Waals surface area contributed by atoms with Crippen molar-refractivity contribution in [1.29, 1.82) is 0 Å². The molecule has 20 heavy (non-hydrogen) atoms. The molecule has 1 aromatic rings. The quantitative estimate of drug-likeness (QED) is 0.775. The highest BCUT2D eigenvalue weighted by Crippen LogP contribution is 2.21. The van der Waals surface area contributed by atoms with E-state index in [9.17, 15) is 9.59 Å². The topological polar surface area (TPSA) is 46.6 Å². The number of rotatable bonds is 5. The number of carbonyl (C=O) groups excluding carboxylic acids is 2. The fourth-order valence-corrected chi connectivity index (χ4v) is 2.36. The summed E-state index contributed by atoms with van der Waals surface area (Å²) < 4.78 is 5.04. The molecule has 1 aliphatic heterocycles. The fourth-order valence-electron chi connectivity index (χ4n) is 2.36. The van der Waals surface area contributed by atoms with Gasteiger partial charge in [-0.1, -0.05) is 43.3 Å². The molecule has 4 heteroatoms. The number of cyclic esters (lactones) is 1. The highest BCUT2D eigenvalue weighted by molar-refractivity contribution is 5.94. The zero-order chi connectivity index (χ0) is 14.5. The van der Waals surface area contributed by atoms with Gasteiger partial charge in [-0.05, 0) is 18.4 Å². The monoisotopic (exact) mass is 273 g/mol. The van der Waals surface area contributed by atoms with Crippen LogP contribution in [0.3, 0.4) is 0 Å². The zero-order valence-corrected chi connectivity index (χ0v) is 11.6. The molecule has 4 nitrogen and oxygen atoms in total. The number of benzene rings is 1. The first-order chi connectivity index (χ1) is 9.63. The van der Waals surface area contributed by atoms with Crippen LogP contribution in [0.2, 0.25) is 0 Å². The van der Waals surface area contributed by atoms with E-state index in [1.807, 2.05) is 30.3 Å². The molecule has 106 valence electrons. The molecule has 1 aliphatic rings. The van der Waals surface area contributed by atoms with Gasteiger partial charge in [0, 0.05) is 5.92 Å². The predicted molar refractivity (Wildman–Crippen MR) is 76.1 cm³/mol. The van der Waals surface area contributed by atoms with Gasteiger partial charge in [0.1, 0.15) is 6.61 Å². The minimum Gasteiger partial charge on any atom is -0.447 e. The van der Waals surface area contributed by atoms with Crippen molar-refractivity contribution in [2.24, 2.45) is 5.92 Å². The van der Waals surface area contributed by atoms with Crippen LogP contribution in [0.25, 0.3) is 0 Å². The van der Waals surface area contributed by atoms with Crippen LogP contribution in [-0.2, 0) is 16.0 Å². The highest BCUT2D eigenvalue weighted by Gasteiger charge is 2.39. The molecule has 0 aromatic heterocycles. The molecule has 1 heterocycles. The molecule has 1 unspecified atom stereocenters. The molecular formula is C16H19NO3. The lowest BCUT2D eigenvalue weighted by atomic mass is 10.0. The van der Waals surface area contributed by atoms with Crippen molar-refractivity contribution in [1.82, 2.24) is 4.90 Å². The molecule has 0 spiro atoms. The third-order valence-corrected chi connectivity index (χ3v) is 3.45. The molecule has 0 radical (unpaired) electrons. The minimum atomic E-state index is -0.535. The van der Waals surface area contributed by atoms with Crippen LogP contribution < -0.4 is 0 Å². The maximum absolute atomic E-state index is 12.3. The van der Waals surface area contributed by atoms with Crippen molar-refractivity contribution in [2.75, 3.05) is 6.61 Å². The van der Waals surface area contributed by atoms with Gasteiger partial charge in [-0.3, -0.25) is 4.79 Å². The van der Waals surface area contributed by atoms with Crippen LogP contribution >= 0.6 is 0 Å². The molecule has 2 amide bonds. The van der Waals surface area contributed by atoms with Crippen LogP contribution in [0, 0.1) is 5.92 Å². The van der Waals surface area contributed by atoms with Crippen LogP contribution in [0.1, 0.15) is 18.9 Å². The Kier molecular flexibility index (Phi) is 4.56. The van der Waals surface area contributed by atoms with E-state index in [0.29, 0.717) is 12.8 Å². The summed E-state index contributed by atoms with van der Waals surface area (Å²) in [5, 5.41) is 0. The Morgan fingerprint density at radius 1 is 1.50 bits per heavy atom. The van der Waals surface area contributed by atoms with Gasteiger partial charge in [-0.25, -0.2) is 9.69 Å². The lowest BCUT2D eigenvalue weighted by molar-refractivity contribution is -0.132. The third-order valence-electron chi connectivity index (χ3n) is 3.45. The number of carbonyl (C=O) groups is 2. The van der Waals surface area contributed by atoms with Crippen molar-refractivity contribution in [3.63, 3.8) is 0 Å². The van der Waals surface area contributed by atoms with Crippen LogP contribution in [0.4, 0.5) is 4.79 Å². The number of ether oxygens (including phenoxy) is 1. The van der Waals surface area contributed by atoms with Gasteiger partial charge in [-0.2, -0.15) is 0 Å². The van der Waals surface area contributed by atoms with Gasteiger partial charge in [0.25, 0.3) is 0 Å². The summed E-state index contributed by atoms with van der Waals surface area (Å²) in [5.74, 6) is -0.440. The second kappa shape index (κ2) is 6.37. The van der Waals surface area contributed by atoms with Crippen molar-refractivity contribution in [2.45, 2.75) is 25.8 Å². The Morgan fingerprint density at radius 2 is 2.20 bits per heavy atom. The molecule has 1 fully saturated rings. The predicted octanol–water partition coefficient (Wildman–Crippen LogP) is 2.79. The van der Waals surface area contributed by atoms with Gasteiger partial charge in [0.05, 0.1) is 6.04 Å². The summed E-state index contributed by atoms with van der Waals surface area (Å²) in [5.41, 5.74) is 1.09. The largest absolute Gasteiger partial charge is 0.447 e. The van der Waals surface area contributed by atoms with Crippen molar-refractivity contribution < 1.29 is 14.3 Å². The molecule has 0 saturated carbocycles. The van der Waals surface area contributed by atoms with Gasteiger partial charge in [0.2, 0.25) is 5.91 Å². The molecule has 0 N–H and O–H groups in total. The van der Waals surface area contributed by atoms with Crippen LogP contribution in [-0.4, -0.2) is 29.5 Å². The number of amides is 2. The normalized spacial score (nSPS) is 19.6. The Hall–Kier alpha value is -2.10. The van der Waals surface area contributed by atoms with E-state index in [1.165, 1.54) is 4.90 Å². The smallest absolute Gasteiger partial charge is 0.416 e. The molecule has 1 saturated heterocycles. The van der Waals surface area contributed by atoms with E-state index in [2.05, 4.69) is 6.58 Å². The van der Waals surface area contributed by atoms with Crippen LogP contribution in [0.15, 0.2) is 43.0 Å². The van der Waals surface area contributed by atoms with Crippen molar-refractivity contribution >= 4 is 12.0 Å². The highest BCUT2D eigenvalue weighted by atomic mass is 16.6. The molecule has 0 aliphatic carbocycles. The van der Waals surface area contributed by atoms with E-state index in [0.717, 1.165) is 5.56 Å². The lowest BCUT2D eigenvalue weighted by Gasteiger charge is -2.22. The molecule has 2 rings (SSSR count). The SMILES string of the molecule is C=CCC(C)C(=O)N1C(=O)OC[C@@H]1Cc1ccccc1. The van der Waals surface area contributed by atoms with Crippen molar-refractivity contribution in [3.05, 3.63) is 48.6 Å². The average molecular weight is 273 g/mol. The van der Waals surface area contributed by atoms with Crippen LogP contribution in [0.5, 0.6) is 0 Å². The lowest BCUT2D eigenvalue weighted by Crippen LogP contribution is -2.42. The first-order valence-electron chi connectivity index (χ1n) is 6.78. The minimum absolute atomic E-state index is 0.187. The molecule has 1 aromatic carbocycles. The standard InChI is InChI=1S/C16H19NO3/c1-3-7-12(2)15(18)17-14(11-20-16(17)19)10-13-8-5-4-6-9-13/h3-6,8-9,12,14H,1,7,10-11H2,2H3/t12?,14-/m0/s1. The van der Waals surface area contributed by atoms with Gasteiger partial charge in [-0.15, -0.1) is 6.58 Å². The van der Waals surface area contributed by atoms with E-state index in [-0.39, 0.29) is 24.5 Å². The van der Waals surface area contributed by atoms with Gasteiger partial charge >= 0.3 is 6.09 Å². The fraction of sp³-hybridized carbons (Fsp3) is 0.375. The Balaban J connectivity index is 2.10. The van der Waals surface area contributed by atoms with E-state index < -0.39 is 6.09 Å². The van der Waals surface area contributed by atoms with E-state index in [4.69, 9.17) is 4.74 Å². The first kappa shape index (κ1) is 14.3. The summed E-state index contributed by atoms with van der Waals surface area (Å²) in [6.07, 6.45) is 2.34. The zero-order valence-electron chi connectivity index (χ0n) is 11.6. The average Bonchev–Trinajstić information content (AvgIpc) is 2.80. The number of hydrogen-bond acceptors (Lipinski definition) is 3. The Labute approximate surface area is 119 Å². The second-order valence-electron chi connectivity index (χ2n) is 5.05. The number of nitrogens with zero attached hydrogens (tertiary/aromatic N) is 1. The Morgan fingerprint density at radius 3 is 2.85 bits per heavy atom. The third kappa shape index (κ3) is 3.07.